The van der Waals surface area contributed by atoms with Crippen molar-refractivity contribution >= 4 is 17.4 Å². The van der Waals surface area contributed by atoms with Crippen molar-refractivity contribution in [3.63, 3.8) is 0 Å². The smallest absolute Gasteiger partial charge is 0.333 e. The number of aromatic nitrogens is 2. The monoisotopic (exact) mass is 317 g/mol. The zero-order valence-electron chi connectivity index (χ0n) is 13.1. The van der Waals surface area contributed by atoms with Crippen molar-refractivity contribution in [3.8, 4) is 0 Å². The number of nitrogens with one attached hydrogen (secondary N) is 2. The van der Waals surface area contributed by atoms with Crippen LogP contribution in [-0.4, -0.2) is 33.7 Å². The third kappa shape index (κ3) is 3.85. The molecule has 23 heavy (non-hydrogen) atoms. The Morgan fingerprint density at radius 1 is 1.30 bits per heavy atom. The molecule has 1 aromatic carbocycles. The van der Waals surface area contributed by atoms with E-state index in [0.29, 0.717) is 36.6 Å². The first kappa shape index (κ1) is 16.5. The maximum absolute atomic E-state index is 11.9. The summed E-state index contributed by atoms with van der Waals surface area (Å²) in [5, 5.41) is 21.0. The van der Waals surface area contributed by atoms with E-state index in [4.69, 9.17) is 0 Å². The number of carbonyl (C=O) groups excluding carboxylic acids is 1. The second kappa shape index (κ2) is 7.39. The number of aryl methyl sites for hydroxylation is 2. The van der Waals surface area contributed by atoms with E-state index in [-0.39, 0.29) is 11.6 Å². The molecule has 0 radical (unpaired) electrons. The molecule has 1 amide bonds. The highest BCUT2D eigenvalue weighted by molar-refractivity contribution is 5.94. The van der Waals surface area contributed by atoms with Gasteiger partial charge in [0.15, 0.2) is 0 Å². The summed E-state index contributed by atoms with van der Waals surface area (Å²) in [5.74, 6) is 0.168. The molecule has 2 aromatic rings. The molecule has 8 nitrogen and oxygen atoms in total. The lowest BCUT2D eigenvalue weighted by molar-refractivity contribution is -0.384. The molecule has 0 spiro atoms. The second-order valence-corrected chi connectivity index (χ2v) is 4.93. The molecular formula is C15H19N5O3. The van der Waals surface area contributed by atoms with E-state index < -0.39 is 4.92 Å². The number of rotatable bonds is 7. The molecule has 0 atom stereocenters. The molecule has 2 rings (SSSR count). The van der Waals surface area contributed by atoms with E-state index in [1.807, 2.05) is 13.0 Å². The van der Waals surface area contributed by atoms with Gasteiger partial charge in [-0.25, -0.2) is 4.68 Å². The molecule has 122 valence electrons. The zero-order chi connectivity index (χ0) is 16.8. The van der Waals surface area contributed by atoms with E-state index >= 15 is 0 Å². The van der Waals surface area contributed by atoms with Crippen LogP contribution in [0.3, 0.4) is 0 Å². The van der Waals surface area contributed by atoms with Crippen LogP contribution in [-0.2, 0) is 13.5 Å². The van der Waals surface area contributed by atoms with Gasteiger partial charge >= 0.3 is 5.69 Å². The lowest BCUT2D eigenvalue weighted by atomic mass is 10.2. The van der Waals surface area contributed by atoms with Crippen LogP contribution >= 0.6 is 0 Å². The van der Waals surface area contributed by atoms with E-state index in [1.54, 1.807) is 31.3 Å². The van der Waals surface area contributed by atoms with Crippen LogP contribution in [0.1, 0.15) is 23.0 Å². The molecule has 0 saturated carbocycles. The van der Waals surface area contributed by atoms with Crippen molar-refractivity contribution in [2.45, 2.75) is 13.3 Å². The third-order valence-corrected chi connectivity index (χ3v) is 3.35. The quantitative estimate of drug-likeness (QED) is 0.460. The standard InChI is InChI=1S/C15H19N5O3/c1-3-12-13(20(22)23)14(19(2)18-12)16-9-10-17-15(21)11-7-5-4-6-8-11/h4-8,16H,3,9-10H2,1-2H3,(H,17,21). The highest BCUT2D eigenvalue weighted by atomic mass is 16.6. The van der Waals surface area contributed by atoms with Gasteiger partial charge in [0.1, 0.15) is 5.69 Å². The van der Waals surface area contributed by atoms with Crippen LogP contribution in [0.5, 0.6) is 0 Å². The number of amides is 1. The maximum Gasteiger partial charge on any atom is 0.333 e. The van der Waals surface area contributed by atoms with Crippen LogP contribution in [0, 0.1) is 10.1 Å². The first-order valence-corrected chi connectivity index (χ1v) is 7.32. The number of nitrogens with zero attached hydrogens (tertiary/aromatic N) is 3. The van der Waals surface area contributed by atoms with E-state index in [0.717, 1.165) is 0 Å². The number of carbonyl (C=O) groups is 1. The summed E-state index contributed by atoms with van der Waals surface area (Å²) < 4.78 is 1.45. The molecular weight excluding hydrogens is 298 g/mol. The summed E-state index contributed by atoms with van der Waals surface area (Å²) in [6, 6.07) is 8.87. The molecule has 8 heteroatoms. The van der Waals surface area contributed by atoms with Crippen LogP contribution < -0.4 is 10.6 Å². The number of hydrogen-bond acceptors (Lipinski definition) is 5. The topological polar surface area (TPSA) is 102 Å². The van der Waals surface area contributed by atoms with Crippen molar-refractivity contribution in [2.24, 2.45) is 7.05 Å². The van der Waals surface area contributed by atoms with Gasteiger partial charge in [0.05, 0.1) is 4.92 Å². The van der Waals surface area contributed by atoms with E-state index in [9.17, 15) is 14.9 Å². The fraction of sp³-hybridized carbons (Fsp3) is 0.333. The van der Waals surface area contributed by atoms with E-state index in [2.05, 4.69) is 15.7 Å². The first-order valence-electron chi connectivity index (χ1n) is 7.32. The molecule has 0 aliphatic rings. The van der Waals surface area contributed by atoms with Crippen LogP contribution in [0.2, 0.25) is 0 Å². The molecule has 0 fully saturated rings. The Morgan fingerprint density at radius 3 is 2.61 bits per heavy atom. The largest absolute Gasteiger partial charge is 0.363 e. The first-order chi connectivity index (χ1) is 11.0. The van der Waals surface area contributed by atoms with E-state index in [1.165, 1.54) is 4.68 Å². The van der Waals surface area contributed by atoms with Crippen molar-refractivity contribution in [2.75, 3.05) is 18.4 Å². The van der Waals surface area contributed by atoms with Gasteiger partial charge in [0.25, 0.3) is 5.91 Å². The summed E-state index contributed by atoms with van der Waals surface area (Å²) in [7, 11) is 1.65. The SMILES string of the molecule is CCc1nn(C)c(NCCNC(=O)c2ccccc2)c1[N+](=O)[O-]. The highest BCUT2D eigenvalue weighted by Crippen LogP contribution is 2.27. The summed E-state index contributed by atoms with van der Waals surface area (Å²) in [4.78, 5) is 22.6. The minimum Gasteiger partial charge on any atom is -0.363 e. The van der Waals surface area contributed by atoms with Crippen molar-refractivity contribution in [1.29, 1.82) is 0 Å². The third-order valence-electron chi connectivity index (χ3n) is 3.35. The molecule has 0 saturated heterocycles. The zero-order valence-corrected chi connectivity index (χ0v) is 13.1. The van der Waals surface area contributed by atoms with Gasteiger partial charge in [0, 0.05) is 25.7 Å². The summed E-state index contributed by atoms with van der Waals surface area (Å²) in [6.45, 7) is 2.53. The van der Waals surface area contributed by atoms with Gasteiger partial charge in [-0.3, -0.25) is 14.9 Å². The Kier molecular flexibility index (Phi) is 5.29. The number of hydrogen-bond donors (Lipinski definition) is 2. The molecule has 1 heterocycles. The molecule has 0 unspecified atom stereocenters. The Labute approximate surface area is 133 Å². The molecule has 0 aliphatic carbocycles. The molecule has 1 aromatic heterocycles. The maximum atomic E-state index is 11.9. The Balaban J connectivity index is 1.93. The van der Waals surface area contributed by atoms with Gasteiger partial charge in [-0.2, -0.15) is 5.10 Å². The Morgan fingerprint density at radius 2 is 2.00 bits per heavy atom. The fourth-order valence-corrected chi connectivity index (χ4v) is 2.25. The lowest BCUT2D eigenvalue weighted by Crippen LogP contribution is -2.29. The Hall–Kier alpha value is -2.90. The van der Waals surface area contributed by atoms with Crippen molar-refractivity contribution in [3.05, 3.63) is 51.7 Å². The minimum absolute atomic E-state index is 0.00983. The highest BCUT2D eigenvalue weighted by Gasteiger charge is 2.25. The summed E-state index contributed by atoms with van der Waals surface area (Å²) in [5.41, 5.74) is 1.00. The van der Waals surface area contributed by atoms with Crippen LogP contribution in [0.4, 0.5) is 11.5 Å². The van der Waals surface area contributed by atoms with Crippen LogP contribution in [0.15, 0.2) is 30.3 Å². The lowest BCUT2D eigenvalue weighted by Gasteiger charge is -2.08. The number of nitro groups is 1. The number of anilines is 1. The van der Waals surface area contributed by atoms with Crippen LogP contribution in [0.25, 0.3) is 0 Å². The van der Waals surface area contributed by atoms with Gasteiger partial charge in [-0.05, 0) is 18.6 Å². The predicted molar refractivity (Wildman–Crippen MR) is 86.5 cm³/mol. The Bertz CT molecular complexity index is 697. The second-order valence-electron chi connectivity index (χ2n) is 4.93. The van der Waals surface area contributed by atoms with Gasteiger partial charge in [0.2, 0.25) is 5.82 Å². The predicted octanol–water partition coefficient (Wildman–Crippen LogP) is 1.73. The average molecular weight is 317 g/mol. The van der Waals surface area contributed by atoms with Gasteiger partial charge in [-0.15, -0.1) is 0 Å². The van der Waals surface area contributed by atoms with Gasteiger partial charge < -0.3 is 10.6 Å². The normalized spacial score (nSPS) is 10.3. The summed E-state index contributed by atoms with van der Waals surface area (Å²) in [6.07, 6.45) is 0.483. The fourth-order valence-electron chi connectivity index (χ4n) is 2.25. The van der Waals surface area contributed by atoms with Crippen molar-refractivity contribution in [1.82, 2.24) is 15.1 Å². The summed E-state index contributed by atoms with van der Waals surface area (Å²) >= 11 is 0. The molecule has 2 N–H and O–H groups in total. The van der Waals surface area contributed by atoms with Gasteiger partial charge in [-0.1, -0.05) is 25.1 Å². The molecule has 0 aliphatic heterocycles. The van der Waals surface area contributed by atoms with Crippen molar-refractivity contribution < 1.29 is 9.72 Å². The molecule has 0 bridgehead atoms. The minimum atomic E-state index is -0.434. The average Bonchev–Trinajstić information content (AvgIpc) is 2.88. The number of benzene rings is 1.